The van der Waals surface area contributed by atoms with Gasteiger partial charge in [0.05, 0.1) is 29.7 Å². The van der Waals surface area contributed by atoms with Crippen LogP contribution in [0.3, 0.4) is 0 Å². The lowest BCUT2D eigenvalue weighted by Gasteiger charge is -2.28. The number of H-pyrrole nitrogens is 1. The zero-order valence-electron chi connectivity index (χ0n) is 27.1. The molecule has 11 heteroatoms. The van der Waals surface area contributed by atoms with Gasteiger partial charge >= 0.3 is 12.2 Å². The van der Waals surface area contributed by atoms with Crippen LogP contribution < -0.4 is 5.32 Å². The number of rotatable bonds is 6. The maximum absolute atomic E-state index is 12.9. The number of carbonyl (C=O) groups is 3. The van der Waals surface area contributed by atoms with Crippen molar-refractivity contribution in [3.05, 3.63) is 60.2 Å². The topological polar surface area (TPSA) is 130 Å². The highest BCUT2D eigenvalue weighted by Crippen LogP contribution is 2.33. The normalized spacial score (nSPS) is 18.6. The van der Waals surface area contributed by atoms with Crippen LogP contribution in [0.4, 0.5) is 9.59 Å². The van der Waals surface area contributed by atoms with Gasteiger partial charge in [-0.3, -0.25) is 14.7 Å². The quantitative estimate of drug-likeness (QED) is 0.331. The Bertz CT molecular complexity index is 1500. The lowest BCUT2D eigenvalue weighted by atomic mass is 10.0. The summed E-state index contributed by atoms with van der Waals surface area (Å²) in [4.78, 5) is 54.2. The molecule has 0 radical (unpaired) electrons. The van der Waals surface area contributed by atoms with E-state index in [0.29, 0.717) is 25.2 Å². The van der Waals surface area contributed by atoms with E-state index in [4.69, 9.17) is 9.47 Å². The fraction of sp³-hybridized carbons (Fsp3) is 0.500. The second-order valence-corrected chi connectivity index (χ2v) is 13.7. The molecule has 4 heterocycles. The molecule has 0 aliphatic carbocycles. The zero-order valence-corrected chi connectivity index (χ0v) is 27.1. The first kappa shape index (κ1) is 32.0. The standard InChI is InChI=1S/C34H44N6O5/c1-33(2,3)44-31(42)39-17-7-9-25(39)20-37-30(41)23-13-11-22(12-14-23)24-15-16-26(35-19-24)27-21-36-29(38-27)28-10-8-18-40(28)32(43)45-34(4,5)6/h11-16,19,21,25,28H,7-10,17-18,20H2,1-6H3,(H,36,38)(H,37,41)/t25?,28-/m0/s1. The number of aromatic nitrogens is 3. The molecule has 1 unspecified atom stereocenters. The summed E-state index contributed by atoms with van der Waals surface area (Å²) in [6, 6.07) is 11.0. The van der Waals surface area contributed by atoms with Gasteiger partial charge in [-0.25, -0.2) is 14.6 Å². The summed E-state index contributed by atoms with van der Waals surface area (Å²) in [5.74, 6) is 0.534. The number of benzene rings is 1. The third-order valence-electron chi connectivity index (χ3n) is 7.82. The Morgan fingerprint density at radius 1 is 0.822 bits per heavy atom. The molecule has 3 aromatic rings. The van der Waals surface area contributed by atoms with Crippen molar-refractivity contribution in [2.24, 2.45) is 0 Å². The highest BCUT2D eigenvalue weighted by atomic mass is 16.6. The van der Waals surface area contributed by atoms with Crippen LogP contribution in [-0.4, -0.2) is 79.7 Å². The molecule has 240 valence electrons. The summed E-state index contributed by atoms with van der Waals surface area (Å²) >= 11 is 0. The van der Waals surface area contributed by atoms with E-state index in [1.165, 1.54) is 0 Å². The van der Waals surface area contributed by atoms with Gasteiger partial charge in [0.2, 0.25) is 0 Å². The van der Waals surface area contributed by atoms with Gasteiger partial charge in [0.25, 0.3) is 5.91 Å². The van der Waals surface area contributed by atoms with Gasteiger partial charge in [-0.1, -0.05) is 18.2 Å². The van der Waals surface area contributed by atoms with Crippen molar-refractivity contribution >= 4 is 18.1 Å². The van der Waals surface area contributed by atoms with Crippen molar-refractivity contribution < 1.29 is 23.9 Å². The Balaban J connectivity index is 1.17. The number of nitrogens with one attached hydrogen (secondary N) is 2. The molecule has 2 atom stereocenters. The molecule has 1 aromatic carbocycles. The number of imidazole rings is 1. The van der Waals surface area contributed by atoms with Crippen molar-refractivity contribution in [2.75, 3.05) is 19.6 Å². The third-order valence-corrected chi connectivity index (χ3v) is 7.82. The highest BCUT2D eigenvalue weighted by molar-refractivity contribution is 5.94. The van der Waals surface area contributed by atoms with E-state index in [1.807, 2.05) is 65.8 Å². The predicted molar refractivity (Wildman–Crippen MR) is 170 cm³/mol. The molecule has 0 spiro atoms. The van der Waals surface area contributed by atoms with Gasteiger partial charge in [-0.15, -0.1) is 0 Å². The summed E-state index contributed by atoms with van der Waals surface area (Å²) in [7, 11) is 0. The zero-order chi connectivity index (χ0) is 32.4. The minimum Gasteiger partial charge on any atom is -0.444 e. The van der Waals surface area contributed by atoms with Gasteiger partial charge in [-0.2, -0.15) is 0 Å². The molecule has 45 heavy (non-hydrogen) atoms. The number of hydrogen-bond donors (Lipinski definition) is 2. The van der Waals surface area contributed by atoms with Crippen molar-refractivity contribution in [3.8, 4) is 22.5 Å². The van der Waals surface area contributed by atoms with Crippen LogP contribution in [-0.2, 0) is 9.47 Å². The molecule has 2 aliphatic rings. The van der Waals surface area contributed by atoms with E-state index < -0.39 is 11.2 Å². The highest BCUT2D eigenvalue weighted by Gasteiger charge is 2.35. The molecular weight excluding hydrogens is 572 g/mol. The average Bonchev–Trinajstić information content (AvgIpc) is 3.75. The van der Waals surface area contributed by atoms with E-state index in [0.717, 1.165) is 54.0 Å². The number of likely N-dealkylation sites (tertiary alicyclic amines) is 2. The van der Waals surface area contributed by atoms with E-state index in [2.05, 4.69) is 20.3 Å². The number of carbonyl (C=O) groups excluding carboxylic acids is 3. The van der Waals surface area contributed by atoms with E-state index in [1.54, 1.807) is 34.3 Å². The second-order valence-electron chi connectivity index (χ2n) is 13.7. The van der Waals surface area contributed by atoms with E-state index >= 15 is 0 Å². The maximum atomic E-state index is 12.9. The molecule has 2 N–H and O–H groups in total. The lowest BCUT2D eigenvalue weighted by Crippen LogP contribution is -2.45. The molecular formula is C34H44N6O5. The van der Waals surface area contributed by atoms with Crippen LogP contribution >= 0.6 is 0 Å². The Labute approximate surface area is 264 Å². The smallest absolute Gasteiger partial charge is 0.410 e. The first-order chi connectivity index (χ1) is 21.3. The Hall–Kier alpha value is -4.41. The molecule has 2 aliphatic heterocycles. The molecule has 2 aromatic heterocycles. The SMILES string of the molecule is CC(C)(C)OC(=O)N1CCCC1CNC(=O)c1ccc(-c2ccc(-c3cnc([C@@H]4CCCN4C(=O)OC(C)(C)C)[nH]3)nc2)cc1. The second kappa shape index (κ2) is 12.9. The Morgan fingerprint density at radius 2 is 1.44 bits per heavy atom. The van der Waals surface area contributed by atoms with Crippen molar-refractivity contribution in [1.82, 2.24) is 30.1 Å². The molecule has 3 amide bonds. The van der Waals surface area contributed by atoms with Crippen LogP contribution in [0, 0.1) is 0 Å². The van der Waals surface area contributed by atoms with Gasteiger partial charge in [-0.05, 0) is 91.0 Å². The largest absolute Gasteiger partial charge is 0.444 e. The van der Waals surface area contributed by atoms with Crippen LogP contribution in [0.15, 0.2) is 48.8 Å². The van der Waals surface area contributed by atoms with Crippen LogP contribution in [0.2, 0.25) is 0 Å². The number of amides is 3. The van der Waals surface area contributed by atoms with Gasteiger partial charge in [0.15, 0.2) is 0 Å². The van der Waals surface area contributed by atoms with Crippen molar-refractivity contribution in [1.29, 1.82) is 0 Å². The van der Waals surface area contributed by atoms with Gasteiger partial charge < -0.3 is 24.7 Å². The fourth-order valence-electron chi connectivity index (χ4n) is 5.69. The van der Waals surface area contributed by atoms with Crippen LogP contribution in [0.25, 0.3) is 22.5 Å². The molecule has 11 nitrogen and oxygen atoms in total. The van der Waals surface area contributed by atoms with Crippen LogP contribution in [0.1, 0.15) is 89.4 Å². The molecule has 2 fully saturated rings. The Morgan fingerprint density at radius 3 is 2.09 bits per heavy atom. The summed E-state index contributed by atoms with van der Waals surface area (Å²) in [5, 5.41) is 2.98. The van der Waals surface area contributed by atoms with Gasteiger partial charge in [0, 0.05) is 37.0 Å². The lowest BCUT2D eigenvalue weighted by molar-refractivity contribution is 0.0211. The molecule has 2 saturated heterocycles. The summed E-state index contributed by atoms with van der Waals surface area (Å²) in [6.07, 6.45) is 6.29. The maximum Gasteiger partial charge on any atom is 0.410 e. The summed E-state index contributed by atoms with van der Waals surface area (Å²) in [5.41, 5.74) is 2.78. The summed E-state index contributed by atoms with van der Waals surface area (Å²) in [6.45, 7) is 12.8. The Kier molecular flexibility index (Phi) is 9.18. The number of pyridine rings is 1. The fourth-order valence-corrected chi connectivity index (χ4v) is 5.69. The molecule has 5 rings (SSSR count). The van der Waals surface area contributed by atoms with E-state index in [-0.39, 0.29) is 30.2 Å². The van der Waals surface area contributed by atoms with Gasteiger partial charge in [0.1, 0.15) is 17.0 Å². The number of aromatic amines is 1. The number of nitrogens with zero attached hydrogens (tertiary/aromatic N) is 4. The predicted octanol–water partition coefficient (Wildman–Crippen LogP) is 6.34. The summed E-state index contributed by atoms with van der Waals surface area (Å²) < 4.78 is 11.1. The molecule has 0 bridgehead atoms. The first-order valence-corrected chi connectivity index (χ1v) is 15.7. The van der Waals surface area contributed by atoms with E-state index in [9.17, 15) is 14.4 Å². The molecule has 0 saturated carbocycles. The minimum absolute atomic E-state index is 0.0827. The average molecular weight is 617 g/mol. The van der Waals surface area contributed by atoms with Crippen molar-refractivity contribution in [3.63, 3.8) is 0 Å². The van der Waals surface area contributed by atoms with Crippen LogP contribution in [0.5, 0.6) is 0 Å². The third kappa shape index (κ3) is 8.01. The monoisotopic (exact) mass is 616 g/mol. The minimum atomic E-state index is -0.560. The first-order valence-electron chi connectivity index (χ1n) is 15.7. The number of ether oxygens (including phenoxy) is 2. The number of hydrogen-bond acceptors (Lipinski definition) is 7. The van der Waals surface area contributed by atoms with Crippen molar-refractivity contribution in [2.45, 2.75) is 90.5 Å².